The summed E-state index contributed by atoms with van der Waals surface area (Å²) in [7, 11) is 0. The van der Waals surface area contributed by atoms with E-state index in [1.54, 1.807) is 23.1 Å². The summed E-state index contributed by atoms with van der Waals surface area (Å²) in [5, 5.41) is 3.91. The van der Waals surface area contributed by atoms with Crippen LogP contribution in [0.25, 0.3) is 0 Å². The van der Waals surface area contributed by atoms with Gasteiger partial charge >= 0.3 is 0 Å². The zero-order valence-corrected chi connectivity index (χ0v) is 18.0. The smallest absolute Gasteiger partial charge is 0.242 e. The summed E-state index contributed by atoms with van der Waals surface area (Å²) in [6, 6.07) is 4.87. The minimum atomic E-state index is -0.458. The molecule has 8 heteroatoms. The van der Waals surface area contributed by atoms with Gasteiger partial charge in [0.05, 0.1) is 10.7 Å². The molecule has 1 aromatic rings. The van der Waals surface area contributed by atoms with Crippen molar-refractivity contribution in [2.45, 2.75) is 51.2 Å². The zero-order valence-electron chi connectivity index (χ0n) is 15.6. The molecule has 1 aromatic carbocycles. The SMILES string of the molecule is CCCCN=C1SC(CC(=O)Nc2cc(Cl)ccc2Cl)C(=O)N1CCCC. The molecule has 0 spiro atoms. The normalized spacial score (nSPS) is 18.4. The first-order chi connectivity index (χ1) is 13.0. The average Bonchev–Trinajstić information content (AvgIpc) is 2.91. The number of nitrogens with zero attached hydrogens (tertiary/aromatic N) is 2. The Balaban J connectivity index is 2.04. The Morgan fingerprint density at radius 3 is 2.70 bits per heavy atom. The van der Waals surface area contributed by atoms with Crippen LogP contribution in [0, 0.1) is 0 Å². The molecule has 1 heterocycles. The van der Waals surface area contributed by atoms with Crippen molar-refractivity contribution >= 4 is 57.6 Å². The fourth-order valence-electron chi connectivity index (χ4n) is 2.58. The number of amides is 2. The van der Waals surface area contributed by atoms with E-state index in [1.807, 2.05) is 0 Å². The molecule has 1 aliphatic rings. The molecule has 1 atom stereocenters. The number of carbonyl (C=O) groups excluding carboxylic acids is 2. The summed E-state index contributed by atoms with van der Waals surface area (Å²) < 4.78 is 0. The predicted octanol–water partition coefficient (Wildman–Crippen LogP) is 5.22. The van der Waals surface area contributed by atoms with Crippen LogP contribution in [0.3, 0.4) is 0 Å². The standard InChI is InChI=1S/C19H25Cl2N3O2S/c1-3-5-9-22-19-24(10-6-4-2)18(26)16(27-19)12-17(25)23-15-11-13(20)7-8-14(15)21/h7-8,11,16H,3-6,9-10,12H2,1-2H3,(H,23,25). The molecule has 148 valence electrons. The Labute approximate surface area is 174 Å². The van der Waals surface area contributed by atoms with Crippen molar-refractivity contribution < 1.29 is 9.59 Å². The van der Waals surface area contributed by atoms with Gasteiger partial charge in [0.1, 0.15) is 5.25 Å². The molecule has 0 radical (unpaired) electrons. The lowest BCUT2D eigenvalue weighted by atomic mass is 10.2. The van der Waals surface area contributed by atoms with Gasteiger partial charge < -0.3 is 5.32 Å². The van der Waals surface area contributed by atoms with Crippen molar-refractivity contribution in [2.24, 2.45) is 4.99 Å². The van der Waals surface area contributed by atoms with Gasteiger partial charge in [-0.3, -0.25) is 19.5 Å². The highest BCUT2D eigenvalue weighted by Crippen LogP contribution is 2.31. The molecule has 0 aliphatic carbocycles. The molecule has 1 N–H and O–H groups in total. The first-order valence-electron chi connectivity index (χ1n) is 9.23. The zero-order chi connectivity index (χ0) is 19.8. The number of aliphatic imine (C=N–C) groups is 1. The highest BCUT2D eigenvalue weighted by Gasteiger charge is 2.38. The molecule has 2 amide bonds. The van der Waals surface area contributed by atoms with Gasteiger partial charge in [0.15, 0.2) is 5.17 Å². The Kier molecular flexibility index (Phi) is 8.93. The topological polar surface area (TPSA) is 61.8 Å². The molecular formula is C19H25Cl2N3O2S. The molecular weight excluding hydrogens is 405 g/mol. The van der Waals surface area contributed by atoms with Crippen LogP contribution in [0.2, 0.25) is 10.0 Å². The molecule has 0 bridgehead atoms. The molecule has 1 unspecified atom stereocenters. The third-order valence-electron chi connectivity index (χ3n) is 4.09. The van der Waals surface area contributed by atoms with E-state index in [9.17, 15) is 9.59 Å². The number of benzene rings is 1. The number of hydrogen-bond donors (Lipinski definition) is 1. The van der Waals surface area contributed by atoms with Crippen molar-refractivity contribution in [1.29, 1.82) is 0 Å². The Morgan fingerprint density at radius 2 is 2.00 bits per heavy atom. The summed E-state index contributed by atoms with van der Waals surface area (Å²) in [5.41, 5.74) is 0.448. The minimum absolute atomic E-state index is 0.0453. The predicted molar refractivity (Wildman–Crippen MR) is 115 cm³/mol. The lowest BCUT2D eigenvalue weighted by molar-refractivity contribution is -0.128. The van der Waals surface area contributed by atoms with Crippen LogP contribution in [0.5, 0.6) is 0 Å². The Bertz CT molecular complexity index is 712. The van der Waals surface area contributed by atoms with Gasteiger partial charge in [0.25, 0.3) is 0 Å². The number of halogens is 2. The summed E-state index contributed by atoms with van der Waals surface area (Å²) in [4.78, 5) is 31.5. The number of rotatable bonds is 9. The first-order valence-corrected chi connectivity index (χ1v) is 10.9. The average molecular weight is 430 g/mol. The maximum Gasteiger partial charge on any atom is 0.242 e. The van der Waals surface area contributed by atoms with Crippen molar-refractivity contribution in [1.82, 2.24) is 4.90 Å². The van der Waals surface area contributed by atoms with Crippen LogP contribution in [-0.2, 0) is 9.59 Å². The fourth-order valence-corrected chi connectivity index (χ4v) is 4.11. The first kappa shape index (κ1) is 22.1. The number of carbonyl (C=O) groups is 2. The largest absolute Gasteiger partial charge is 0.325 e. The van der Waals surface area contributed by atoms with Crippen LogP contribution >= 0.6 is 35.0 Å². The maximum absolute atomic E-state index is 12.8. The monoisotopic (exact) mass is 429 g/mol. The van der Waals surface area contributed by atoms with Crippen LogP contribution in [0.1, 0.15) is 46.0 Å². The quantitative estimate of drug-likeness (QED) is 0.547. The van der Waals surface area contributed by atoms with Gasteiger partial charge in [-0.1, -0.05) is 61.7 Å². The van der Waals surface area contributed by atoms with E-state index in [1.165, 1.54) is 11.8 Å². The van der Waals surface area contributed by atoms with Gasteiger partial charge in [0, 0.05) is 24.5 Å². The molecule has 1 aliphatic heterocycles. The van der Waals surface area contributed by atoms with E-state index in [0.29, 0.717) is 28.8 Å². The van der Waals surface area contributed by atoms with Gasteiger partial charge in [-0.05, 0) is 31.0 Å². The van der Waals surface area contributed by atoms with Crippen LogP contribution in [0.4, 0.5) is 5.69 Å². The van der Waals surface area contributed by atoms with Crippen molar-refractivity contribution in [3.63, 3.8) is 0 Å². The van der Waals surface area contributed by atoms with E-state index >= 15 is 0 Å². The van der Waals surface area contributed by atoms with Crippen LogP contribution in [-0.4, -0.2) is 40.2 Å². The lowest BCUT2D eigenvalue weighted by Gasteiger charge is -2.16. The third-order valence-corrected chi connectivity index (χ3v) is 5.87. The number of thioether (sulfide) groups is 1. The second-order valence-corrected chi connectivity index (χ2v) is 8.36. The van der Waals surface area contributed by atoms with E-state index in [-0.39, 0.29) is 18.2 Å². The second kappa shape index (κ2) is 10.9. The Hall–Kier alpha value is -1.24. The molecule has 1 fully saturated rings. The van der Waals surface area contributed by atoms with E-state index < -0.39 is 5.25 Å². The summed E-state index contributed by atoms with van der Waals surface area (Å²) in [6.45, 7) is 5.54. The second-order valence-electron chi connectivity index (χ2n) is 6.34. The van der Waals surface area contributed by atoms with Gasteiger partial charge in [-0.15, -0.1) is 0 Å². The summed E-state index contributed by atoms with van der Waals surface area (Å²) in [5.74, 6) is -0.314. The summed E-state index contributed by atoms with van der Waals surface area (Å²) in [6.07, 6.45) is 4.02. The molecule has 1 saturated heterocycles. The van der Waals surface area contributed by atoms with Crippen molar-refractivity contribution in [3.8, 4) is 0 Å². The van der Waals surface area contributed by atoms with E-state index in [4.69, 9.17) is 23.2 Å². The summed E-state index contributed by atoms with van der Waals surface area (Å²) >= 11 is 13.4. The molecule has 0 saturated carbocycles. The molecule has 27 heavy (non-hydrogen) atoms. The molecule has 0 aromatic heterocycles. The number of unbranched alkanes of at least 4 members (excludes halogenated alkanes) is 2. The van der Waals surface area contributed by atoms with Gasteiger partial charge in [0.2, 0.25) is 11.8 Å². The van der Waals surface area contributed by atoms with Gasteiger partial charge in [-0.2, -0.15) is 0 Å². The number of hydrogen-bond acceptors (Lipinski definition) is 4. The van der Waals surface area contributed by atoms with Crippen molar-refractivity contribution in [3.05, 3.63) is 28.2 Å². The number of nitrogens with one attached hydrogen (secondary N) is 1. The number of amidine groups is 1. The van der Waals surface area contributed by atoms with E-state index in [2.05, 4.69) is 24.2 Å². The maximum atomic E-state index is 12.8. The lowest BCUT2D eigenvalue weighted by Crippen LogP contribution is -2.34. The van der Waals surface area contributed by atoms with Crippen LogP contribution < -0.4 is 5.32 Å². The number of anilines is 1. The molecule has 5 nitrogen and oxygen atoms in total. The third kappa shape index (κ3) is 6.40. The fraction of sp³-hybridized carbons (Fsp3) is 0.526. The highest BCUT2D eigenvalue weighted by atomic mass is 35.5. The highest BCUT2D eigenvalue weighted by molar-refractivity contribution is 8.15. The minimum Gasteiger partial charge on any atom is -0.325 e. The Morgan fingerprint density at radius 1 is 1.26 bits per heavy atom. The van der Waals surface area contributed by atoms with E-state index in [0.717, 1.165) is 30.9 Å². The van der Waals surface area contributed by atoms with Crippen LogP contribution in [0.15, 0.2) is 23.2 Å². The van der Waals surface area contributed by atoms with Crippen molar-refractivity contribution in [2.75, 3.05) is 18.4 Å². The molecule has 2 rings (SSSR count). The van der Waals surface area contributed by atoms with Gasteiger partial charge in [-0.25, -0.2) is 0 Å².